The highest BCUT2D eigenvalue weighted by molar-refractivity contribution is 5.52. The number of nitro groups is 1. The number of non-ortho nitro benzene ring substituents is 1. The van der Waals surface area contributed by atoms with Crippen LogP contribution >= 0.6 is 0 Å². The fraction of sp³-hybridized carbons (Fsp3) is 0.500. The second-order valence-corrected chi connectivity index (χ2v) is 4.52. The Morgan fingerprint density at radius 3 is 3.05 bits per heavy atom. The summed E-state index contributed by atoms with van der Waals surface area (Å²) in [5.74, 6) is 0. The smallest absolute Gasteiger partial charge is 0.269 e. The minimum atomic E-state index is -0.439. The monoisotopic (exact) mass is 267 g/mol. The van der Waals surface area contributed by atoms with E-state index in [1.54, 1.807) is 6.07 Å². The molecule has 0 saturated carbocycles. The Labute approximate surface area is 110 Å². The van der Waals surface area contributed by atoms with Crippen LogP contribution < -0.4 is 5.73 Å². The third-order valence-corrected chi connectivity index (χ3v) is 3.27. The van der Waals surface area contributed by atoms with Gasteiger partial charge in [0, 0.05) is 30.9 Å². The quantitative estimate of drug-likeness (QED) is 0.464. The van der Waals surface area contributed by atoms with Gasteiger partial charge >= 0.3 is 0 Å². The largest absolute Gasteiger partial charge is 0.398 e. The first kappa shape index (κ1) is 13.7. The number of hydrogen-bond donors (Lipinski definition) is 2. The minimum Gasteiger partial charge on any atom is -0.398 e. The van der Waals surface area contributed by atoms with Crippen LogP contribution in [0.2, 0.25) is 0 Å². The van der Waals surface area contributed by atoms with E-state index < -0.39 is 4.92 Å². The van der Waals surface area contributed by atoms with E-state index in [1.807, 2.05) is 4.90 Å². The standard InChI is InChI=1S/C12H17N3O4/c13-12-2-1-10(15(17)18)5-9(12)6-14-3-4-19-8-11(14)7-16/h1-2,5,11,16H,3-4,6-8,13H2. The van der Waals surface area contributed by atoms with Crippen molar-refractivity contribution in [1.82, 2.24) is 4.90 Å². The van der Waals surface area contributed by atoms with Gasteiger partial charge in [0.1, 0.15) is 0 Å². The summed E-state index contributed by atoms with van der Waals surface area (Å²) in [5.41, 5.74) is 7.10. The Kier molecular flexibility index (Phi) is 4.31. The Morgan fingerprint density at radius 2 is 2.37 bits per heavy atom. The third-order valence-electron chi connectivity index (χ3n) is 3.27. The van der Waals surface area contributed by atoms with Gasteiger partial charge in [0.05, 0.1) is 30.8 Å². The molecule has 7 heteroatoms. The second-order valence-electron chi connectivity index (χ2n) is 4.52. The number of rotatable bonds is 4. The lowest BCUT2D eigenvalue weighted by molar-refractivity contribution is -0.384. The van der Waals surface area contributed by atoms with Gasteiger partial charge in [0.2, 0.25) is 0 Å². The highest BCUT2D eigenvalue weighted by Crippen LogP contribution is 2.22. The molecule has 1 aromatic rings. The molecule has 1 aromatic carbocycles. The SMILES string of the molecule is Nc1ccc([N+](=O)[O-])cc1CN1CCOCC1CO. The zero-order chi connectivity index (χ0) is 13.8. The molecule has 1 heterocycles. The van der Waals surface area contributed by atoms with Gasteiger partial charge in [-0.05, 0) is 11.6 Å². The first-order valence-corrected chi connectivity index (χ1v) is 6.07. The van der Waals surface area contributed by atoms with Gasteiger partial charge in [0.25, 0.3) is 5.69 Å². The molecule has 1 unspecified atom stereocenters. The van der Waals surface area contributed by atoms with Crippen LogP contribution in [0.3, 0.4) is 0 Å². The summed E-state index contributed by atoms with van der Waals surface area (Å²) < 4.78 is 5.29. The number of nitrogen functional groups attached to an aromatic ring is 1. The van der Waals surface area contributed by atoms with Gasteiger partial charge < -0.3 is 15.6 Å². The maximum atomic E-state index is 10.8. The van der Waals surface area contributed by atoms with Crippen LogP contribution in [-0.4, -0.2) is 47.3 Å². The van der Waals surface area contributed by atoms with E-state index in [2.05, 4.69) is 0 Å². The van der Waals surface area contributed by atoms with Gasteiger partial charge in [-0.15, -0.1) is 0 Å². The average Bonchev–Trinajstić information content (AvgIpc) is 2.41. The number of nitrogens with zero attached hydrogens (tertiary/aromatic N) is 2. The van der Waals surface area contributed by atoms with Crippen LogP contribution in [0, 0.1) is 10.1 Å². The Balaban J connectivity index is 2.17. The highest BCUT2D eigenvalue weighted by atomic mass is 16.6. The summed E-state index contributed by atoms with van der Waals surface area (Å²) in [6, 6.07) is 4.33. The predicted molar refractivity (Wildman–Crippen MR) is 69.6 cm³/mol. The first-order valence-electron chi connectivity index (χ1n) is 6.07. The molecular formula is C12H17N3O4. The van der Waals surface area contributed by atoms with Gasteiger partial charge in [-0.1, -0.05) is 0 Å². The number of benzene rings is 1. The van der Waals surface area contributed by atoms with E-state index in [0.29, 0.717) is 37.6 Å². The number of nitrogens with two attached hydrogens (primary N) is 1. The molecule has 1 aliphatic rings. The van der Waals surface area contributed by atoms with Crippen molar-refractivity contribution in [2.45, 2.75) is 12.6 Å². The summed E-state index contributed by atoms with van der Waals surface area (Å²) in [7, 11) is 0. The lowest BCUT2D eigenvalue weighted by Crippen LogP contribution is -2.46. The molecule has 1 saturated heterocycles. The van der Waals surface area contributed by atoms with Gasteiger partial charge in [0.15, 0.2) is 0 Å². The predicted octanol–water partition coefficient (Wildman–Crippen LogP) is 0.370. The van der Waals surface area contributed by atoms with E-state index in [1.165, 1.54) is 12.1 Å². The number of nitro benzene ring substituents is 1. The van der Waals surface area contributed by atoms with E-state index in [-0.39, 0.29) is 18.3 Å². The van der Waals surface area contributed by atoms with Crippen LogP contribution in [0.4, 0.5) is 11.4 Å². The molecule has 7 nitrogen and oxygen atoms in total. The number of anilines is 1. The molecule has 0 spiro atoms. The van der Waals surface area contributed by atoms with Crippen LogP contribution in [0.1, 0.15) is 5.56 Å². The van der Waals surface area contributed by atoms with Crippen molar-refractivity contribution < 1.29 is 14.8 Å². The van der Waals surface area contributed by atoms with Crippen LogP contribution in [-0.2, 0) is 11.3 Å². The van der Waals surface area contributed by atoms with Crippen molar-refractivity contribution in [3.05, 3.63) is 33.9 Å². The molecule has 0 aromatic heterocycles. The molecule has 0 amide bonds. The van der Waals surface area contributed by atoms with E-state index in [0.717, 1.165) is 0 Å². The van der Waals surface area contributed by atoms with E-state index in [9.17, 15) is 15.2 Å². The van der Waals surface area contributed by atoms with Crippen LogP contribution in [0.5, 0.6) is 0 Å². The number of aliphatic hydroxyl groups is 1. The van der Waals surface area contributed by atoms with Gasteiger partial charge in [-0.25, -0.2) is 0 Å². The van der Waals surface area contributed by atoms with E-state index >= 15 is 0 Å². The topological polar surface area (TPSA) is 102 Å². The molecular weight excluding hydrogens is 250 g/mol. The first-order chi connectivity index (χ1) is 9.11. The molecule has 1 atom stereocenters. The van der Waals surface area contributed by atoms with Crippen molar-refractivity contribution in [3.8, 4) is 0 Å². The maximum Gasteiger partial charge on any atom is 0.269 e. The zero-order valence-electron chi connectivity index (χ0n) is 10.5. The lowest BCUT2D eigenvalue weighted by Gasteiger charge is -2.34. The van der Waals surface area contributed by atoms with Gasteiger partial charge in [-0.2, -0.15) is 0 Å². The summed E-state index contributed by atoms with van der Waals surface area (Å²) in [6.07, 6.45) is 0. The molecule has 19 heavy (non-hydrogen) atoms. The van der Waals surface area contributed by atoms with Crippen molar-refractivity contribution in [1.29, 1.82) is 0 Å². The maximum absolute atomic E-state index is 10.8. The zero-order valence-corrected chi connectivity index (χ0v) is 10.5. The number of aliphatic hydroxyl groups excluding tert-OH is 1. The normalized spacial score (nSPS) is 20.4. The van der Waals surface area contributed by atoms with Crippen molar-refractivity contribution in [3.63, 3.8) is 0 Å². The highest BCUT2D eigenvalue weighted by Gasteiger charge is 2.23. The Morgan fingerprint density at radius 1 is 1.58 bits per heavy atom. The summed E-state index contributed by atoms with van der Waals surface area (Å²) >= 11 is 0. The third kappa shape index (κ3) is 3.19. The number of ether oxygens (including phenoxy) is 1. The number of morpholine rings is 1. The van der Waals surface area contributed by atoms with Crippen LogP contribution in [0.25, 0.3) is 0 Å². The molecule has 0 bridgehead atoms. The Bertz CT molecular complexity index is 466. The molecule has 0 radical (unpaired) electrons. The van der Waals surface area contributed by atoms with Crippen molar-refractivity contribution >= 4 is 11.4 Å². The number of hydrogen-bond acceptors (Lipinski definition) is 6. The minimum absolute atomic E-state index is 0.00513. The summed E-state index contributed by atoms with van der Waals surface area (Å²) in [6.45, 7) is 2.20. The fourth-order valence-electron chi connectivity index (χ4n) is 2.13. The molecule has 3 N–H and O–H groups in total. The Hall–Kier alpha value is -1.70. The lowest BCUT2D eigenvalue weighted by atomic mass is 10.1. The fourth-order valence-corrected chi connectivity index (χ4v) is 2.13. The molecule has 1 aliphatic heterocycles. The molecule has 0 aliphatic carbocycles. The second kappa shape index (κ2) is 5.96. The van der Waals surface area contributed by atoms with Crippen LogP contribution in [0.15, 0.2) is 18.2 Å². The van der Waals surface area contributed by atoms with Crippen molar-refractivity contribution in [2.24, 2.45) is 0 Å². The summed E-state index contributed by atoms with van der Waals surface area (Å²) in [5, 5.41) is 20.1. The molecule has 1 fully saturated rings. The average molecular weight is 267 g/mol. The summed E-state index contributed by atoms with van der Waals surface area (Å²) in [4.78, 5) is 12.4. The molecule has 2 rings (SSSR count). The van der Waals surface area contributed by atoms with E-state index in [4.69, 9.17) is 10.5 Å². The van der Waals surface area contributed by atoms with Gasteiger partial charge in [-0.3, -0.25) is 15.0 Å². The van der Waals surface area contributed by atoms with Crippen molar-refractivity contribution in [2.75, 3.05) is 32.1 Å². The molecule has 104 valence electrons.